The van der Waals surface area contributed by atoms with E-state index in [9.17, 15) is 20.3 Å². The van der Waals surface area contributed by atoms with Gasteiger partial charge in [0.05, 0.1) is 4.92 Å². The quantitative estimate of drug-likeness (QED) is 0.508. The number of non-ortho nitro benzene ring substituents is 1. The average Bonchev–Trinajstić information content (AvgIpc) is 2.89. The molecule has 0 aliphatic carbocycles. The van der Waals surface area contributed by atoms with Crippen LogP contribution in [0.1, 0.15) is 30.5 Å². The van der Waals surface area contributed by atoms with Crippen molar-refractivity contribution in [2.24, 2.45) is 0 Å². The van der Waals surface area contributed by atoms with Gasteiger partial charge in [0.2, 0.25) is 0 Å². The molecule has 1 aliphatic heterocycles. The van der Waals surface area contributed by atoms with Crippen molar-refractivity contribution < 1.29 is 15.1 Å². The number of anilines is 1. The number of nitro benzene ring substituents is 1. The molecule has 1 unspecified atom stereocenters. The van der Waals surface area contributed by atoms with Gasteiger partial charge in [0.15, 0.2) is 5.72 Å². The van der Waals surface area contributed by atoms with Crippen molar-refractivity contribution in [3.8, 4) is 5.75 Å². The molecule has 0 saturated carbocycles. The summed E-state index contributed by atoms with van der Waals surface area (Å²) in [6, 6.07) is 21.0. The highest BCUT2D eigenvalue weighted by atomic mass is 16.6. The number of aliphatic hydroxyl groups is 1. The van der Waals surface area contributed by atoms with Crippen LogP contribution in [0, 0.1) is 10.1 Å². The van der Waals surface area contributed by atoms with Crippen LogP contribution >= 0.6 is 0 Å². The molecule has 4 rings (SSSR count). The molecular weight excluding hydrogens is 368 g/mol. The van der Waals surface area contributed by atoms with Crippen LogP contribution in [-0.4, -0.2) is 15.1 Å². The summed E-state index contributed by atoms with van der Waals surface area (Å²) >= 11 is 0. The number of fused-ring (bicyclic) bond motifs is 1. The van der Waals surface area contributed by atoms with Crippen molar-refractivity contribution in [1.82, 2.24) is 0 Å². The Bertz CT molecular complexity index is 1080. The first-order valence-electron chi connectivity index (χ1n) is 9.38. The average molecular weight is 390 g/mol. The van der Waals surface area contributed by atoms with Crippen LogP contribution in [0.15, 0.2) is 72.8 Å². The minimum atomic E-state index is -1.41. The molecule has 0 spiro atoms. The van der Waals surface area contributed by atoms with Gasteiger partial charge in [-0.15, -0.1) is 0 Å². The van der Waals surface area contributed by atoms with E-state index < -0.39 is 16.1 Å². The highest BCUT2D eigenvalue weighted by molar-refractivity contribution is 5.67. The zero-order chi connectivity index (χ0) is 20.8. The van der Waals surface area contributed by atoms with Crippen molar-refractivity contribution in [3.05, 3.63) is 99.6 Å². The Kier molecular flexibility index (Phi) is 4.31. The number of aromatic hydroxyl groups is 1. The van der Waals surface area contributed by atoms with Crippen LogP contribution < -0.4 is 4.90 Å². The first-order chi connectivity index (χ1) is 13.8. The molecule has 0 fully saturated rings. The number of nitro groups is 1. The molecule has 3 aromatic rings. The first kappa shape index (κ1) is 19.0. The zero-order valence-electron chi connectivity index (χ0n) is 16.2. The molecule has 3 aromatic carbocycles. The summed E-state index contributed by atoms with van der Waals surface area (Å²) in [7, 11) is 0. The van der Waals surface area contributed by atoms with Crippen LogP contribution in [0.25, 0.3) is 0 Å². The smallest absolute Gasteiger partial charge is 0.270 e. The Hall–Kier alpha value is -3.38. The summed E-state index contributed by atoms with van der Waals surface area (Å²) in [5, 5.41) is 33.7. The maximum Gasteiger partial charge on any atom is 0.270 e. The summed E-state index contributed by atoms with van der Waals surface area (Å²) in [6.45, 7) is 4.07. The fourth-order valence-corrected chi connectivity index (χ4v) is 4.31. The molecular formula is C23H22N2O4. The molecule has 0 amide bonds. The van der Waals surface area contributed by atoms with Crippen molar-refractivity contribution in [1.29, 1.82) is 0 Å². The fourth-order valence-electron chi connectivity index (χ4n) is 4.31. The number of phenols is 1. The number of rotatable bonds is 4. The lowest BCUT2D eigenvalue weighted by molar-refractivity contribution is -0.384. The van der Waals surface area contributed by atoms with Gasteiger partial charge in [-0.2, -0.15) is 0 Å². The van der Waals surface area contributed by atoms with Gasteiger partial charge in [0.25, 0.3) is 5.69 Å². The lowest BCUT2D eigenvalue weighted by Crippen LogP contribution is -2.52. The van der Waals surface area contributed by atoms with Crippen LogP contribution in [0.5, 0.6) is 5.75 Å². The SMILES string of the molecule is CC1(C)c2ccccc2N(Cc2cc([N+](=O)[O-])ccc2O)C1(O)c1ccccc1. The van der Waals surface area contributed by atoms with Gasteiger partial charge in [-0.05, 0) is 17.7 Å². The van der Waals surface area contributed by atoms with E-state index in [-0.39, 0.29) is 18.0 Å². The molecule has 0 radical (unpaired) electrons. The van der Waals surface area contributed by atoms with E-state index in [4.69, 9.17) is 0 Å². The Morgan fingerprint density at radius 3 is 2.34 bits per heavy atom. The summed E-state index contributed by atoms with van der Waals surface area (Å²) in [6.07, 6.45) is 0. The summed E-state index contributed by atoms with van der Waals surface area (Å²) in [5.41, 5.74) is 0.710. The topological polar surface area (TPSA) is 86.8 Å². The molecule has 1 heterocycles. The predicted molar refractivity (Wildman–Crippen MR) is 111 cm³/mol. The van der Waals surface area contributed by atoms with Gasteiger partial charge < -0.3 is 15.1 Å². The van der Waals surface area contributed by atoms with E-state index in [1.807, 2.05) is 73.3 Å². The molecule has 0 aromatic heterocycles. The van der Waals surface area contributed by atoms with Crippen LogP contribution in [-0.2, 0) is 17.7 Å². The van der Waals surface area contributed by atoms with Crippen molar-refractivity contribution in [3.63, 3.8) is 0 Å². The lowest BCUT2D eigenvalue weighted by Gasteiger charge is -2.44. The normalized spacial score (nSPS) is 19.8. The molecule has 6 heteroatoms. The number of benzene rings is 3. The third-order valence-corrected chi connectivity index (χ3v) is 5.91. The van der Waals surface area contributed by atoms with E-state index in [1.54, 1.807) is 0 Å². The number of nitrogens with zero attached hydrogens (tertiary/aromatic N) is 2. The van der Waals surface area contributed by atoms with Gasteiger partial charge in [0, 0.05) is 40.9 Å². The summed E-state index contributed by atoms with van der Waals surface area (Å²) < 4.78 is 0. The Morgan fingerprint density at radius 1 is 1.00 bits per heavy atom. The van der Waals surface area contributed by atoms with Gasteiger partial charge in [-0.1, -0.05) is 62.4 Å². The highest BCUT2D eigenvalue weighted by Crippen LogP contribution is 2.56. The van der Waals surface area contributed by atoms with Crippen LogP contribution in [0.3, 0.4) is 0 Å². The van der Waals surface area contributed by atoms with Crippen LogP contribution in [0.2, 0.25) is 0 Å². The molecule has 29 heavy (non-hydrogen) atoms. The molecule has 0 saturated heterocycles. The minimum Gasteiger partial charge on any atom is -0.508 e. The molecule has 0 bridgehead atoms. The van der Waals surface area contributed by atoms with Crippen LogP contribution in [0.4, 0.5) is 11.4 Å². The van der Waals surface area contributed by atoms with Gasteiger partial charge >= 0.3 is 0 Å². The molecule has 1 atom stereocenters. The Balaban J connectivity index is 1.90. The highest BCUT2D eigenvalue weighted by Gasteiger charge is 2.57. The molecule has 148 valence electrons. The fraction of sp³-hybridized carbons (Fsp3) is 0.217. The minimum absolute atomic E-state index is 0.0480. The monoisotopic (exact) mass is 390 g/mol. The standard InChI is InChI=1S/C23H22N2O4/c1-22(2)19-10-6-7-11-20(19)24(23(22,27)17-8-4-3-5-9-17)15-16-14-18(25(28)29)12-13-21(16)26/h3-14,26-27H,15H2,1-2H3. The third-order valence-electron chi connectivity index (χ3n) is 5.91. The van der Waals surface area contributed by atoms with E-state index in [0.29, 0.717) is 11.1 Å². The Labute approximate surface area is 168 Å². The second-order valence-corrected chi connectivity index (χ2v) is 7.84. The molecule has 2 N–H and O–H groups in total. The van der Waals surface area contributed by atoms with Crippen molar-refractivity contribution in [2.45, 2.75) is 31.5 Å². The largest absolute Gasteiger partial charge is 0.508 e. The number of phenolic OH excluding ortho intramolecular Hbond substituents is 1. The summed E-state index contributed by atoms with van der Waals surface area (Å²) in [5.74, 6) is -0.0480. The third kappa shape index (κ3) is 2.76. The number of para-hydroxylation sites is 1. The second-order valence-electron chi connectivity index (χ2n) is 7.84. The van der Waals surface area contributed by atoms with Gasteiger partial charge in [-0.3, -0.25) is 10.1 Å². The summed E-state index contributed by atoms with van der Waals surface area (Å²) in [4.78, 5) is 12.5. The predicted octanol–water partition coefficient (Wildman–Crippen LogP) is 4.44. The second kappa shape index (κ2) is 6.60. The van der Waals surface area contributed by atoms with E-state index >= 15 is 0 Å². The zero-order valence-corrected chi connectivity index (χ0v) is 16.2. The van der Waals surface area contributed by atoms with E-state index in [0.717, 1.165) is 11.3 Å². The van der Waals surface area contributed by atoms with Gasteiger partial charge in [-0.25, -0.2) is 0 Å². The van der Waals surface area contributed by atoms with Crippen molar-refractivity contribution in [2.75, 3.05) is 4.90 Å². The molecule has 1 aliphatic rings. The Morgan fingerprint density at radius 2 is 1.66 bits per heavy atom. The maximum atomic E-state index is 12.1. The maximum absolute atomic E-state index is 12.1. The van der Waals surface area contributed by atoms with E-state index in [2.05, 4.69) is 0 Å². The van der Waals surface area contributed by atoms with Gasteiger partial charge in [0.1, 0.15) is 5.75 Å². The van der Waals surface area contributed by atoms with Crippen molar-refractivity contribution >= 4 is 11.4 Å². The first-order valence-corrected chi connectivity index (χ1v) is 9.38. The van der Waals surface area contributed by atoms with E-state index in [1.165, 1.54) is 18.2 Å². The number of hydrogen-bond donors (Lipinski definition) is 2. The molecule has 6 nitrogen and oxygen atoms in total. The lowest BCUT2D eigenvalue weighted by atomic mass is 9.74. The number of hydrogen-bond acceptors (Lipinski definition) is 5.